The highest BCUT2D eigenvalue weighted by Gasteiger charge is 2.29. The summed E-state index contributed by atoms with van der Waals surface area (Å²) in [5.41, 5.74) is 5.44. The number of nitrogens with one attached hydrogen (secondary N) is 1. The molecule has 4 heteroatoms. The number of rotatable bonds is 9. The standard InChI is InChI=1S/C26H36N2O2/c1-7-21(6)27-26(30)24(8-2)28(17-22-11-9-10-18(3)14-22)25(29)16-23-15-19(4)12-13-20(23)5/h9-15,21,24H,7-8,16-17H2,1-6H3,(H,27,30). The van der Waals surface area contributed by atoms with Crippen LogP contribution in [0.15, 0.2) is 42.5 Å². The SMILES string of the molecule is CCC(C)NC(=O)C(CC)N(Cc1cccc(C)c1)C(=O)Cc1cc(C)ccc1C. The zero-order chi connectivity index (χ0) is 22.3. The monoisotopic (exact) mass is 408 g/mol. The maximum absolute atomic E-state index is 13.5. The predicted molar refractivity (Wildman–Crippen MR) is 123 cm³/mol. The third kappa shape index (κ3) is 6.45. The lowest BCUT2D eigenvalue weighted by Gasteiger charge is -2.32. The second-order valence-electron chi connectivity index (χ2n) is 8.36. The van der Waals surface area contributed by atoms with E-state index in [0.717, 1.165) is 34.2 Å². The molecular formula is C26H36N2O2. The van der Waals surface area contributed by atoms with E-state index in [2.05, 4.69) is 29.6 Å². The van der Waals surface area contributed by atoms with Crippen molar-refractivity contribution in [2.45, 2.75) is 79.4 Å². The number of nitrogens with zero attached hydrogens (tertiary/aromatic N) is 1. The van der Waals surface area contributed by atoms with Crippen molar-refractivity contribution in [2.24, 2.45) is 0 Å². The van der Waals surface area contributed by atoms with Crippen LogP contribution in [0, 0.1) is 20.8 Å². The fourth-order valence-corrected chi connectivity index (χ4v) is 3.62. The van der Waals surface area contributed by atoms with Crippen molar-refractivity contribution in [3.63, 3.8) is 0 Å². The summed E-state index contributed by atoms with van der Waals surface area (Å²) in [7, 11) is 0. The lowest BCUT2D eigenvalue weighted by Crippen LogP contribution is -2.51. The van der Waals surface area contributed by atoms with Crippen LogP contribution in [0.4, 0.5) is 0 Å². The maximum atomic E-state index is 13.5. The number of hydrogen-bond donors (Lipinski definition) is 1. The van der Waals surface area contributed by atoms with Gasteiger partial charge >= 0.3 is 0 Å². The molecular weight excluding hydrogens is 372 g/mol. The predicted octanol–water partition coefficient (Wildman–Crippen LogP) is 4.88. The molecule has 2 aromatic rings. The van der Waals surface area contributed by atoms with Gasteiger partial charge in [-0.1, -0.05) is 67.4 Å². The molecule has 0 aliphatic carbocycles. The maximum Gasteiger partial charge on any atom is 0.243 e. The van der Waals surface area contributed by atoms with Gasteiger partial charge in [0.05, 0.1) is 6.42 Å². The van der Waals surface area contributed by atoms with Crippen LogP contribution in [-0.2, 0) is 22.6 Å². The fourth-order valence-electron chi connectivity index (χ4n) is 3.62. The molecule has 2 amide bonds. The Balaban J connectivity index is 2.34. The van der Waals surface area contributed by atoms with Gasteiger partial charge in [-0.05, 0) is 57.2 Å². The summed E-state index contributed by atoms with van der Waals surface area (Å²) in [5, 5.41) is 3.06. The van der Waals surface area contributed by atoms with E-state index in [-0.39, 0.29) is 17.9 Å². The first-order chi connectivity index (χ1) is 14.2. The number of benzene rings is 2. The smallest absolute Gasteiger partial charge is 0.243 e. The van der Waals surface area contributed by atoms with Gasteiger partial charge in [0.2, 0.25) is 11.8 Å². The number of carbonyl (C=O) groups is 2. The van der Waals surface area contributed by atoms with Gasteiger partial charge in [-0.3, -0.25) is 9.59 Å². The highest BCUT2D eigenvalue weighted by molar-refractivity contribution is 5.88. The zero-order valence-electron chi connectivity index (χ0n) is 19.3. The highest BCUT2D eigenvalue weighted by atomic mass is 16.2. The molecule has 1 N–H and O–H groups in total. The minimum atomic E-state index is -0.489. The van der Waals surface area contributed by atoms with E-state index in [4.69, 9.17) is 0 Å². The summed E-state index contributed by atoms with van der Waals surface area (Å²) >= 11 is 0. The Morgan fingerprint density at radius 2 is 1.67 bits per heavy atom. The van der Waals surface area contributed by atoms with Crippen LogP contribution >= 0.6 is 0 Å². The molecule has 0 fully saturated rings. The van der Waals surface area contributed by atoms with Gasteiger partial charge < -0.3 is 10.2 Å². The third-order valence-electron chi connectivity index (χ3n) is 5.67. The average molecular weight is 409 g/mol. The summed E-state index contributed by atoms with van der Waals surface area (Å²) in [6, 6.07) is 13.9. The normalized spacial score (nSPS) is 12.9. The van der Waals surface area contributed by atoms with Gasteiger partial charge in [-0.25, -0.2) is 0 Å². The van der Waals surface area contributed by atoms with E-state index in [0.29, 0.717) is 19.4 Å². The van der Waals surface area contributed by atoms with Crippen LogP contribution in [-0.4, -0.2) is 28.8 Å². The molecule has 0 heterocycles. The van der Waals surface area contributed by atoms with Crippen LogP contribution in [0.5, 0.6) is 0 Å². The second kappa shape index (κ2) is 11.0. The van der Waals surface area contributed by atoms with Crippen molar-refractivity contribution in [3.8, 4) is 0 Å². The molecule has 2 aromatic carbocycles. The largest absolute Gasteiger partial charge is 0.352 e. The van der Waals surface area contributed by atoms with Crippen LogP contribution in [0.1, 0.15) is 61.4 Å². The molecule has 2 unspecified atom stereocenters. The van der Waals surface area contributed by atoms with Crippen LogP contribution < -0.4 is 5.32 Å². The summed E-state index contributed by atoms with van der Waals surface area (Å²) in [4.78, 5) is 28.2. The van der Waals surface area contributed by atoms with Crippen LogP contribution in [0.25, 0.3) is 0 Å². The van der Waals surface area contributed by atoms with Gasteiger partial charge in [0.25, 0.3) is 0 Å². The highest BCUT2D eigenvalue weighted by Crippen LogP contribution is 2.18. The van der Waals surface area contributed by atoms with Crippen molar-refractivity contribution in [2.75, 3.05) is 0 Å². The molecule has 0 aliphatic heterocycles. The third-order valence-corrected chi connectivity index (χ3v) is 5.67. The van der Waals surface area contributed by atoms with Gasteiger partial charge in [0.1, 0.15) is 6.04 Å². The van der Waals surface area contributed by atoms with E-state index in [1.165, 1.54) is 0 Å². The van der Waals surface area contributed by atoms with Crippen molar-refractivity contribution in [1.82, 2.24) is 10.2 Å². The first kappa shape index (κ1) is 23.7. The summed E-state index contributed by atoms with van der Waals surface area (Å²) in [6.07, 6.45) is 1.73. The van der Waals surface area contributed by atoms with E-state index >= 15 is 0 Å². The topological polar surface area (TPSA) is 49.4 Å². The zero-order valence-corrected chi connectivity index (χ0v) is 19.3. The minimum Gasteiger partial charge on any atom is -0.352 e. The van der Waals surface area contributed by atoms with Crippen molar-refractivity contribution in [3.05, 3.63) is 70.3 Å². The molecule has 0 saturated carbocycles. The van der Waals surface area contributed by atoms with Crippen LogP contribution in [0.2, 0.25) is 0 Å². The molecule has 162 valence electrons. The molecule has 0 saturated heterocycles. The number of hydrogen-bond acceptors (Lipinski definition) is 2. The van der Waals surface area contributed by atoms with Gasteiger partial charge in [0, 0.05) is 12.6 Å². The van der Waals surface area contributed by atoms with Crippen LogP contribution in [0.3, 0.4) is 0 Å². The molecule has 0 spiro atoms. The minimum absolute atomic E-state index is 0.0173. The molecule has 0 aliphatic rings. The summed E-state index contributed by atoms with van der Waals surface area (Å²) in [6.45, 7) is 12.5. The molecule has 0 bridgehead atoms. The Labute approximate surface area is 181 Å². The molecule has 0 aromatic heterocycles. The van der Waals surface area contributed by atoms with E-state index in [1.54, 1.807) is 4.90 Å². The van der Waals surface area contributed by atoms with Gasteiger partial charge in [-0.2, -0.15) is 0 Å². The number of carbonyl (C=O) groups excluding carboxylic acids is 2. The van der Waals surface area contributed by atoms with E-state index < -0.39 is 6.04 Å². The Kier molecular flexibility index (Phi) is 8.64. The lowest BCUT2D eigenvalue weighted by molar-refractivity contribution is -0.141. The molecule has 2 rings (SSSR count). The average Bonchev–Trinajstić information content (AvgIpc) is 2.70. The molecule has 4 nitrogen and oxygen atoms in total. The quantitative estimate of drug-likeness (QED) is 0.643. The van der Waals surface area contributed by atoms with E-state index in [9.17, 15) is 9.59 Å². The Morgan fingerprint density at radius 3 is 2.30 bits per heavy atom. The van der Waals surface area contributed by atoms with Crippen molar-refractivity contribution >= 4 is 11.8 Å². The summed E-state index contributed by atoms with van der Waals surface area (Å²) < 4.78 is 0. The first-order valence-corrected chi connectivity index (χ1v) is 11.0. The Morgan fingerprint density at radius 1 is 0.967 bits per heavy atom. The fraction of sp³-hybridized carbons (Fsp3) is 0.462. The molecule has 0 radical (unpaired) electrons. The van der Waals surface area contributed by atoms with Gasteiger partial charge in [0.15, 0.2) is 0 Å². The Hall–Kier alpha value is -2.62. The summed E-state index contributed by atoms with van der Waals surface area (Å²) in [5.74, 6) is -0.0924. The number of amides is 2. The number of aryl methyl sites for hydroxylation is 3. The first-order valence-electron chi connectivity index (χ1n) is 11.0. The van der Waals surface area contributed by atoms with Crippen molar-refractivity contribution < 1.29 is 9.59 Å². The van der Waals surface area contributed by atoms with Crippen molar-refractivity contribution in [1.29, 1.82) is 0 Å². The lowest BCUT2D eigenvalue weighted by atomic mass is 10.0. The molecule has 2 atom stereocenters. The van der Waals surface area contributed by atoms with Gasteiger partial charge in [-0.15, -0.1) is 0 Å². The Bertz CT molecular complexity index is 875. The van der Waals surface area contributed by atoms with E-state index in [1.807, 2.05) is 59.7 Å². The molecule has 30 heavy (non-hydrogen) atoms. The second-order valence-corrected chi connectivity index (χ2v) is 8.36.